The van der Waals surface area contributed by atoms with E-state index in [9.17, 15) is 4.79 Å². The summed E-state index contributed by atoms with van der Waals surface area (Å²) in [5.41, 5.74) is 3.58. The van der Waals surface area contributed by atoms with Crippen LogP contribution in [0.5, 0.6) is 0 Å². The zero-order chi connectivity index (χ0) is 15.6. The van der Waals surface area contributed by atoms with E-state index in [0.29, 0.717) is 5.92 Å². The number of H-pyrrole nitrogens is 1. The number of amides is 2. The summed E-state index contributed by atoms with van der Waals surface area (Å²) >= 11 is 0. The topological polar surface area (TPSA) is 52.2 Å². The minimum absolute atomic E-state index is 0.167. The van der Waals surface area contributed by atoms with Crippen LogP contribution < -0.4 is 4.90 Å². The van der Waals surface area contributed by atoms with Crippen LogP contribution in [0.4, 0.5) is 10.5 Å². The number of rotatable bonds is 1. The summed E-state index contributed by atoms with van der Waals surface area (Å²) in [6.45, 7) is 2.47. The third-order valence-electron chi connectivity index (χ3n) is 5.07. The van der Waals surface area contributed by atoms with Gasteiger partial charge < -0.3 is 9.88 Å². The molecule has 0 radical (unpaired) electrons. The summed E-state index contributed by atoms with van der Waals surface area (Å²) in [5.74, 6) is 0.496. The van der Waals surface area contributed by atoms with Crippen LogP contribution in [-0.2, 0) is 6.42 Å². The smallest absolute Gasteiger partial charge is 0.324 e. The largest absolute Gasteiger partial charge is 0.348 e. The van der Waals surface area contributed by atoms with Gasteiger partial charge >= 0.3 is 6.03 Å². The summed E-state index contributed by atoms with van der Waals surface area (Å²) in [5, 5.41) is 0. The number of nitrogens with one attached hydrogen (secondary N) is 1. The number of hydrogen-bond acceptors (Lipinski definition) is 2. The molecule has 1 fully saturated rings. The minimum atomic E-state index is 0.167. The molecule has 4 rings (SSSR count). The number of piperidine rings is 1. The Hall–Kier alpha value is -2.30. The number of para-hydroxylation sites is 1. The molecule has 0 spiro atoms. The molecule has 5 heteroatoms. The van der Waals surface area contributed by atoms with Crippen molar-refractivity contribution in [1.82, 2.24) is 14.9 Å². The standard InChI is InChI=1S/C18H22N4O/c23-18(22-9-3-5-15-4-1-2-6-17(15)22)21-10-7-14(8-11-21)16-12-19-13-20-16/h1-2,4,6,12-14H,3,5,7-11H2,(H,19,20). The highest BCUT2D eigenvalue weighted by Gasteiger charge is 2.30. The predicted molar refractivity (Wildman–Crippen MR) is 89.6 cm³/mol. The minimum Gasteiger partial charge on any atom is -0.348 e. The van der Waals surface area contributed by atoms with Crippen molar-refractivity contribution in [3.05, 3.63) is 48.0 Å². The molecule has 1 aromatic carbocycles. The fourth-order valence-electron chi connectivity index (χ4n) is 3.77. The number of imidazole rings is 1. The predicted octanol–water partition coefficient (Wildman–Crippen LogP) is 3.16. The number of anilines is 1. The van der Waals surface area contributed by atoms with Crippen LogP contribution in [0.25, 0.3) is 0 Å². The Morgan fingerprint density at radius 3 is 2.78 bits per heavy atom. The van der Waals surface area contributed by atoms with E-state index in [2.05, 4.69) is 28.2 Å². The second-order valence-electron chi connectivity index (χ2n) is 6.43. The molecule has 0 unspecified atom stereocenters. The molecule has 3 heterocycles. The molecule has 2 amide bonds. The van der Waals surface area contributed by atoms with E-state index in [4.69, 9.17) is 0 Å². The van der Waals surface area contributed by atoms with Gasteiger partial charge in [-0.15, -0.1) is 0 Å². The molecule has 0 atom stereocenters. The average molecular weight is 310 g/mol. The van der Waals surface area contributed by atoms with Gasteiger partial charge in [-0.25, -0.2) is 9.78 Å². The second-order valence-corrected chi connectivity index (χ2v) is 6.43. The molecule has 2 aliphatic heterocycles. The Kier molecular flexibility index (Phi) is 3.77. The molecule has 0 bridgehead atoms. The van der Waals surface area contributed by atoms with Crippen molar-refractivity contribution >= 4 is 11.7 Å². The number of aromatic nitrogens is 2. The van der Waals surface area contributed by atoms with Crippen LogP contribution in [0.2, 0.25) is 0 Å². The van der Waals surface area contributed by atoms with Gasteiger partial charge in [0.1, 0.15) is 0 Å². The van der Waals surface area contributed by atoms with Gasteiger partial charge in [0.15, 0.2) is 0 Å². The van der Waals surface area contributed by atoms with Crippen LogP contribution in [0.15, 0.2) is 36.8 Å². The van der Waals surface area contributed by atoms with Crippen LogP contribution in [0.1, 0.15) is 36.4 Å². The maximum absolute atomic E-state index is 12.9. The number of urea groups is 1. The molecule has 120 valence electrons. The third kappa shape index (κ3) is 2.71. The van der Waals surface area contributed by atoms with Gasteiger partial charge in [-0.05, 0) is 37.3 Å². The maximum atomic E-state index is 12.9. The van der Waals surface area contributed by atoms with Gasteiger partial charge in [-0.1, -0.05) is 18.2 Å². The first-order valence-corrected chi connectivity index (χ1v) is 8.45. The molecule has 2 aromatic rings. The SMILES string of the molecule is O=C(N1CCC(c2cnc[nH]2)CC1)N1CCCc2ccccc21. The monoisotopic (exact) mass is 310 g/mol. The normalized spacial score (nSPS) is 18.8. The lowest BCUT2D eigenvalue weighted by Crippen LogP contribution is -2.48. The quantitative estimate of drug-likeness (QED) is 0.879. The first-order valence-electron chi connectivity index (χ1n) is 8.45. The van der Waals surface area contributed by atoms with E-state index in [-0.39, 0.29) is 6.03 Å². The molecule has 1 N–H and O–H groups in total. The summed E-state index contributed by atoms with van der Waals surface area (Å²) in [6.07, 6.45) is 7.77. The van der Waals surface area contributed by atoms with Crippen molar-refractivity contribution in [3.8, 4) is 0 Å². The van der Waals surface area contributed by atoms with Crippen molar-refractivity contribution in [3.63, 3.8) is 0 Å². The number of nitrogens with zero attached hydrogens (tertiary/aromatic N) is 3. The number of likely N-dealkylation sites (tertiary alicyclic amines) is 1. The average Bonchev–Trinajstić information content (AvgIpc) is 3.15. The van der Waals surface area contributed by atoms with Crippen LogP contribution in [0, 0.1) is 0 Å². The molecule has 1 saturated heterocycles. The lowest BCUT2D eigenvalue weighted by Gasteiger charge is -2.37. The molecule has 5 nitrogen and oxygen atoms in total. The molecular weight excluding hydrogens is 288 g/mol. The van der Waals surface area contributed by atoms with E-state index < -0.39 is 0 Å². The number of carbonyl (C=O) groups is 1. The number of aryl methyl sites for hydroxylation is 1. The zero-order valence-electron chi connectivity index (χ0n) is 13.2. The summed E-state index contributed by atoms with van der Waals surface area (Å²) < 4.78 is 0. The highest BCUT2D eigenvalue weighted by Crippen LogP contribution is 2.30. The Balaban J connectivity index is 1.45. The highest BCUT2D eigenvalue weighted by atomic mass is 16.2. The first kappa shape index (κ1) is 14.3. The van der Waals surface area contributed by atoms with Crippen LogP contribution in [0.3, 0.4) is 0 Å². The number of fused-ring (bicyclic) bond motifs is 1. The molecule has 0 aliphatic carbocycles. The Bertz CT molecular complexity index is 674. The second kappa shape index (κ2) is 6.07. The lowest BCUT2D eigenvalue weighted by molar-refractivity contribution is 0.187. The first-order chi connectivity index (χ1) is 11.3. The molecule has 2 aliphatic rings. The van der Waals surface area contributed by atoms with Crippen molar-refractivity contribution in [2.45, 2.75) is 31.6 Å². The Labute approximate surface area is 136 Å². The van der Waals surface area contributed by atoms with Gasteiger partial charge in [0, 0.05) is 43.1 Å². The van der Waals surface area contributed by atoms with E-state index in [1.165, 1.54) is 11.3 Å². The van der Waals surface area contributed by atoms with Crippen molar-refractivity contribution in [1.29, 1.82) is 0 Å². The molecule has 23 heavy (non-hydrogen) atoms. The van der Waals surface area contributed by atoms with Crippen molar-refractivity contribution in [2.75, 3.05) is 24.5 Å². The Morgan fingerprint density at radius 1 is 1.17 bits per heavy atom. The van der Waals surface area contributed by atoms with Gasteiger partial charge in [-0.3, -0.25) is 4.90 Å². The highest BCUT2D eigenvalue weighted by molar-refractivity contribution is 5.93. The van der Waals surface area contributed by atoms with Gasteiger partial charge in [-0.2, -0.15) is 0 Å². The van der Waals surface area contributed by atoms with Crippen molar-refractivity contribution < 1.29 is 4.79 Å². The third-order valence-corrected chi connectivity index (χ3v) is 5.07. The lowest BCUT2D eigenvalue weighted by atomic mass is 9.94. The Morgan fingerprint density at radius 2 is 2.00 bits per heavy atom. The van der Waals surface area contributed by atoms with E-state index in [0.717, 1.165) is 51.0 Å². The zero-order valence-corrected chi connectivity index (χ0v) is 13.2. The van der Waals surface area contributed by atoms with E-state index in [1.54, 1.807) is 6.33 Å². The summed E-state index contributed by atoms with van der Waals surface area (Å²) in [6, 6.07) is 8.46. The van der Waals surface area contributed by atoms with Gasteiger partial charge in [0.05, 0.1) is 6.33 Å². The number of hydrogen-bond donors (Lipinski definition) is 1. The number of benzene rings is 1. The molecule has 0 saturated carbocycles. The molecule has 1 aromatic heterocycles. The fraction of sp³-hybridized carbons (Fsp3) is 0.444. The van der Waals surface area contributed by atoms with Gasteiger partial charge in [0.25, 0.3) is 0 Å². The van der Waals surface area contributed by atoms with E-state index in [1.807, 2.05) is 22.1 Å². The van der Waals surface area contributed by atoms with Crippen molar-refractivity contribution in [2.24, 2.45) is 0 Å². The number of aromatic amines is 1. The summed E-state index contributed by atoms with van der Waals surface area (Å²) in [7, 11) is 0. The van der Waals surface area contributed by atoms with E-state index >= 15 is 0 Å². The molecular formula is C18H22N4O. The van der Waals surface area contributed by atoms with Gasteiger partial charge in [0.2, 0.25) is 0 Å². The fourth-order valence-corrected chi connectivity index (χ4v) is 3.77. The maximum Gasteiger partial charge on any atom is 0.324 e. The van der Waals surface area contributed by atoms with Crippen LogP contribution >= 0.6 is 0 Å². The summed E-state index contributed by atoms with van der Waals surface area (Å²) in [4.78, 5) is 24.2. The number of carbonyl (C=O) groups excluding carboxylic acids is 1. The van der Waals surface area contributed by atoms with Crippen LogP contribution in [-0.4, -0.2) is 40.5 Å².